The van der Waals surface area contributed by atoms with E-state index in [9.17, 15) is 9.59 Å². The van der Waals surface area contributed by atoms with Gasteiger partial charge in [0, 0.05) is 25.9 Å². The monoisotopic (exact) mass is 271 g/mol. The molecule has 0 aromatic heterocycles. The first-order chi connectivity index (χ1) is 8.80. The van der Waals surface area contributed by atoms with Crippen molar-refractivity contribution >= 4 is 11.9 Å². The zero-order valence-corrected chi connectivity index (χ0v) is 13.1. The van der Waals surface area contributed by atoms with E-state index >= 15 is 0 Å². The summed E-state index contributed by atoms with van der Waals surface area (Å²) in [5, 5.41) is 0. The maximum atomic E-state index is 12.0. The smallest absolute Gasteiger partial charge is 0.410 e. The van der Waals surface area contributed by atoms with Crippen molar-refractivity contribution in [2.45, 2.75) is 72.3 Å². The zero-order valence-electron chi connectivity index (χ0n) is 13.1. The van der Waals surface area contributed by atoms with Crippen LogP contribution in [0.3, 0.4) is 0 Å². The van der Waals surface area contributed by atoms with Crippen molar-refractivity contribution in [3.05, 3.63) is 0 Å². The lowest BCUT2D eigenvalue weighted by Gasteiger charge is -2.27. The van der Waals surface area contributed by atoms with E-state index in [1.807, 2.05) is 34.6 Å². The molecule has 4 heteroatoms. The maximum Gasteiger partial charge on any atom is 0.410 e. The standard InChI is InChI=1S/C15H29NO3/c1-6-11-16(14(18)19-15(3,4)5)12-9-8-10-13(17)7-2/h6-12H2,1-5H3. The SMILES string of the molecule is CCCN(CCCCC(=O)CC)C(=O)OC(C)(C)C. The number of nitrogens with zero attached hydrogens (tertiary/aromatic N) is 1. The minimum absolute atomic E-state index is 0.254. The number of ketones is 1. The normalized spacial score (nSPS) is 11.2. The van der Waals surface area contributed by atoms with Gasteiger partial charge in [0.2, 0.25) is 0 Å². The number of ether oxygens (including phenoxy) is 1. The fraction of sp³-hybridized carbons (Fsp3) is 0.867. The molecule has 0 heterocycles. The van der Waals surface area contributed by atoms with E-state index in [0.29, 0.717) is 31.7 Å². The Morgan fingerprint density at radius 1 is 1.05 bits per heavy atom. The Hall–Kier alpha value is -1.06. The average Bonchev–Trinajstić information content (AvgIpc) is 2.30. The van der Waals surface area contributed by atoms with Crippen LogP contribution in [0.1, 0.15) is 66.7 Å². The lowest BCUT2D eigenvalue weighted by molar-refractivity contribution is -0.118. The third-order valence-corrected chi connectivity index (χ3v) is 2.67. The molecule has 0 atom stereocenters. The summed E-state index contributed by atoms with van der Waals surface area (Å²) in [5.41, 5.74) is -0.457. The van der Waals surface area contributed by atoms with Gasteiger partial charge in [0.05, 0.1) is 0 Å². The largest absolute Gasteiger partial charge is 0.444 e. The van der Waals surface area contributed by atoms with Crippen molar-refractivity contribution in [1.82, 2.24) is 4.90 Å². The number of amides is 1. The molecule has 0 aliphatic carbocycles. The van der Waals surface area contributed by atoms with Crippen molar-refractivity contribution in [2.75, 3.05) is 13.1 Å². The van der Waals surface area contributed by atoms with Gasteiger partial charge >= 0.3 is 6.09 Å². The first-order valence-corrected chi connectivity index (χ1v) is 7.29. The molecule has 0 rings (SSSR count). The second-order valence-corrected chi connectivity index (χ2v) is 5.82. The fourth-order valence-electron chi connectivity index (χ4n) is 1.69. The molecule has 0 aliphatic heterocycles. The van der Waals surface area contributed by atoms with Gasteiger partial charge in [-0.2, -0.15) is 0 Å². The van der Waals surface area contributed by atoms with Crippen molar-refractivity contribution < 1.29 is 14.3 Å². The fourth-order valence-corrected chi connectivity index (χ4v) is 1.69. The van der Waals surface area contributed by atoms with Crippen LogP contribution in [-0.4, -0.2) is 35.5 Å². The van der Waals surface area contributed by atoms with Crippen LogP contribution >= 0.6 is 0 Å². The molecule has 0 saturated heterocycles. The van der Waals surface area contributed by atoms with E-state index in [1.54, 1.807) is 4.90 Å². The summed E-state index contributed by atoms with van der Waals surface area (Å²) in [6.45, 7) is 10.9. The molecule has 0 saturated carbocycles. The molecule has 19 heavy (non-hydrogen) atoms. The molecule has 0 unspecified atom stereocenters. The first kappa shape index (κ1) is 17.9. The molecule has 112 valence electrons. The van der Waals surface area contributed by atoms with Crippen LogP contribution in [0.2, 0.25) is 0 Å². The second-order valence-electron chi connectivity index (χ2n) is 5.82. The van der Waals surface area contributed by atoms with E-state index in [2.05, 4.69) is 0 Å². The summed E-state index contributed by atoms with van der Waals surface area (Å²) in [6, 6.07) is 0. The Labute approximate surface area is 117 Å². The van der Waals surface area contributed by atoms with Crippen LogP contribution in [0.5, 0.6) is 0 Å². The van der Waals surface area contributed by atoms with E-state index in [-0.39, 0.29) is 6.09 Å². The van der Waals surface area contributed by atoms with E-state index < -0.39 is 5.60 Å². The lowest BCUT2D eigenvalue weighted by atomic mass is 10.1. The predicted octanol–water partition coefficient (Wildman–Crippen LogP) is 3.78. The third-order valence-electron chi connectivity index (χ3n) is 2.67. The van der Waals surface area contributed by atoms with E-state index in [1.165, 1.54) is 0 Å². The predicted molar refractivity (Wildman–Crippen MR) is 77.2 cm³/mol. The molecule has 1 amide bonds. The van der Waals surface area contributed by atoms with Gasteiger partial charge in [-0.05, 0) is 40.0 Å². The van der Waals surface area contributed by atoms with Crippen molar-refractivity contribution in [3.8, 4) is 0 Å². The molecule has 4 nitrogen and oxygen atoms in total. The Bertz CT molecular complexity index is 282. The lowest BCUT2D eigenvalue weighted by Crippen LogP contribution is -2.37. The Morgan fingerprint density at radius 3 is 2.16 bits per heavy atom. The maximum absolute atomic E-state index is 12.0. The highest BCUT2D eigenvalue weighted by Gasteiger charge is 2.21. The molecular formula is C15H29NO3. The number of hydrogen-bond acceptors (Lipinski definition) is 3. The van der Waals surface area contributed by atoms with Crippen molar-refractivity contribution in [2.24, 2.45) is 0 Å². The van der Waals surface area contributed by atoms with Crippen LogP contribution in [0.25, 0.3) is 0 Å². The van der Waals surface area contributed by atoms with Crippen LogP contribution in [0, 0.1) is 0 Å². The topological polar surface area (TPSA) is 46.6 Å². The Morgan fingerprint density at radius 2 is 1.68 bits per heavy atom. The van der Waals surface area contributed by atoms with Crippen molar-refractivity contribution in [3.63, 3.8) is 0 Å². The highest BCUT2D eigenvalue weighted by molar-refractivity contribution is 5.77. The number of Topliss-reactive ketones (excluding diaryl/α,β-unsaturated/α-hetero) is 1. The Kier molecular flexibility index (Phi) is 8.44. The van der Waals surface area contributed by atoms with Crippen LogP contribution in [-0.2, 0) is 9.53 Å². The summed E-state index contributed by atoms with van der Waals surface area (Å²) >= 11 is 0. The van der Waals surface area contributed by atoms with Gasteiger partial charge in [-0.3, -0.25) is 4.79 Å². The van der Waals surface area contributed by atoms with Gasteiger partial charge in [0.25, 0.3) is 0 Å². The van der Waals surface area contributed by atoms with Crippen molar-refractivity contribution in [1.29, 1.82) is 0 Å². The summed E-state index contributed by atoms with van der Waals surface area (Å²) in [4.78, 5) is 24.9. The molecule has 0 spiro atoms. The van der Waals surface area contributed by atoms with Gasteiger partial charge in [0.1, 0.15) is 11.4 Å². The Balaban J connectivity index is 4.11. The number of carbonyl (C=O) groups is 2. The van der Waals surface area contributed by atoms with Crippen LogP contribution in [0.4, 0.5) is 4.79 Å². The summed E-state index contributed by atoms with van der Waals surface area (Å²) < 4.78 is 5.37. The quantitative estimate of drug-likeness (QED) is 0.631. The molecule has 0 aliphatic rings. The summed E-state index contributed by atoms with van der Waals surface area (Å²) in [6.07, 6.45) is 3.57. The van der Waals surface area contributed by atoms with Crippen LogP contribution < -0.4 is 0 Å². The van der Waals surface area contributed by atoms with Gasteiger partial charge in [-0.25, -0.2) is 4.79 Å². The van der Waals surface area contributed by atoms with E-state index in [0.717, 1.165) is 19.3 Å². The third kappa shape index (κ3) is 9.51. The average molecular weight is 271 g/mol. The molecule has 0 aromatic carbocycles. The van der Waals surface area contributed by atoms with Gasteiger partial charge in [-0.1, -0.05) is 13.8 Å². The molecule has 0 aromatic rings. The second kappa shape index (κ2) is 8.94. The summed E-state index contributed by atoms with van der Waals surface area (Å²) in [5.74, 6) is 0.291. The molecule has 0 N–H and O–H groups in total. The zero-order chi connectivity index (χ0) is 14.9. The van der Waals surface area contributed by atoms with Crippen LogP contribution in [0.15, 0.2) is 0 Å². The molecule has 0 fully saturated rings. The van der Waals surface area contributed by atoms with Gasteiger partial charge in [0.15, 0.2) is 0 Å². The number of unbranched alkanes of at least 4 members (excludes halogenated alkanes) is 1. The highest BCUT2D eigenvalue weighted by atomic mass is 16.6. The van der Waals surface area contributed by atoms with Gasteiger partial charge in [-0.15, -0.1) is 0 Å². The number of carbonyl (C=O) groups excluding carboxylic acids is 2. The van der Waals surface area contributed by atoms with E-state index in [4.69, 9.17) is 4.74 Å². The molecular weight excluding hydrogens is 242 g/mol. The minimum Gasteiger partial charge on any atom is -0.444 e. The minimum atomic E-state index is -0.457. The number of rotatable bonds is 8. The first-order valence-electron chi connectivity index (χ1n) is 7.29. The molecule has 0 bridgehead atoms. The highest BCUT2D eigenvalue weighted by Crippen LogP contribution is 2.11. The van der Waals surface area contributed by atoms with Gasteiger partial charge < -0.3 is 9.64 Å². The molecule has 0 radical (unpaired) electrons. The summed E-state index contributed by atoms with van der Waals surface area (Å²) in [7, 11) is 0. The number of hydrogen-bond donors (Lipinski definition) is 0.